The monoisotopic (exact) mass is 258 g/mol. The van der Waals surface area contributed by atoms with Crippen LogP contribution in [0.3, 0.4) is 0 Å². The van der Waals surface area contributed by atoms with Gasteiger partial charge in [-0.2, -0.15) is 0 Å². The van der Waals surface area contributed by atoms with Gasteiger partial charge in [-0.05, 0) is 20.8 Å². The first-order valence-corrected chi connectivity index (χ1v) is 6.46. The van der Waals surface area contributed by atoms with Crippen LogP contribution in [0.5, 0.6) is 0 Å². The molecule has 0 saturated carbocycles. The maximum Gasteiger partial charge on any atom is 0.282 e. The summed E-state index contributed by atoms with van der Waals surface area (Å²) in [5.74, 6) is -0.210. The Bertz CT molecular complexity index is 356. The van der Waals surface area contributed by atoms with E-state index in [1.807, 2.05) is 20.8 Å². The van der Waals surface area contributed by atoms with Crippen molar-refractivity contribution in [3.63, 3.8) is 0 Å². The molecule has 1 amide bonds. The highest BCUT2D eigenvalue weighted by Crippen LogP contribution is 2.14. The third kappa shape index (κ3) is 4.66. The van der Waals surface area contributed by atoms with Gasteiger partial charge in [0.05, 0.1) is 6.10 Å². The van der Waals surface area contributed by atoms with Gasteiger partial charge in [-0.3, -0.25) is 4.79 Å². The summed E-state index contributed by atoms with van der Waals surface area (Å²) in [5, 5.41) is 14.5. The number of hydrogen-bond donors (Lipinski definition) is 2. The number of amides is 1. The van der Waals surface area contributed by atoms with Crippen LogP contribution in [0, 0.1) is 0 Å². The van der Waals surface area contributed by atoms with Gasteiger partial charge < -0.3 is 15.4 Å². The Morgan fingerprint density at radius 2 is 2.24 bits per heavy atom. The molecule has 2 N–H and O–H groups in total. The van der Waals surface area contributed by atoms with Crippen molar-refractivity contribution in [2.75, 3.05) is 25.0 Å². The van der Waals surface area contributed by atoms with Gasteiger partial charge in [0.2, 0.25) is 10.1 Å². The van der Waals surface area contributed by atoms with E-state index in [4.69, 9.17) is 4.74 Å². The summed E-state index contributed by atoms with van der Waals surface area (Å²) in [6, 6.07) is 0. The van der Waals surface area contributed by atoms with Gasteiger partial charge in [0, 0.05) is 19.7 Å². The standard InChI is InChI=1S/C10H18N4O2S/c1-4-11-10-14-13-9(17-10)8(15)12-6-7(3)16-5-2/h7H,4-6H2,1-3H3,(H,11,14)(H,12,15). The lowest BCUT2D eigenvalue weighted by Gasteiger charge is -2.11. The van der Waals surface area contributed by atoms with E-state index >= 15 is 0 Å². The number of nitrogens with zero attached hydrogens (tertiary/aromatic N) is 2. The second-order valence-corrected chi connectivity index (χ2v) is 4.40. The van der Waals surface area contributed by atoms with Gasteiger partial charge in [0.15, 0.2) is 0 Å². The van der Waals surface area contributed by atoms with Gasteiger partial charge in [-0.15, -0.1) is 10.2 Å². The third-order valence-corrected chi connectivity index (χ3v) is 2.83. The fraction of sp³-hybridized carbons (Fsp3) is 0.700. The molecule has 17 heavy (non-hydrogen) atoms. The van der Waals surface area contributed by atoms with E-state index in [9.17, 15) is 4.79 Å². The Morgan fingerprint density at radius 1 is 1.47 bits per heavy atom. The minimum absolute atomic E-state index is 0.00473. The molecule has 0 radical (unpaired) electrons. The maximum absolute atomic E-state index is 11.7. The van der Waals surface area contributed by atoms with Crippen LogP contribution in [0.2, 0.25) is 0 Å². The molecule has 0 spiro atoms. The molecule has 0 aliphatic rings. The Balaban J connectivity index is 2.40. The maximum atomic E-state index is 11.7. The van der Waals surface area contributed by atoms with Crippen LogP contribution in [0.1, 0.15) is 30.6 Å². The molecule has 0 bridgehead atoms. The van der Waals surface area contributed by atoms with Gasteiger partial charge >= 0.3 is 0 Å². The fourth-order valence-electron chi connectivity index (χ4n) is 1.19. The molecule has 0 aromatic carbocycles. The lowest BCUT2D eigenvalue weighted by molar-refractivity contribution is 0.0694. The molecule has 0 aliphatic heterocycles. The number of ether oxygens (including phenoxy) is 1. The van der Waals surface area contributed by atoms with Crippen LogP contribution in [0.15, 0.2) is 0 Å². The highest BCUT2D eigenvalue weighted by molar-refractivity contribution is 7.17. The minimum atomic E-state index is -0.210. The normalized spacial score (nSPS) is 12.2. The molecular weight excluding hydrogens is 240 g/mol. The first-order chi connectivity index (χ1) is 8.17. The second kappa shape index (κ2) is 7.18. The molecule has 0 aliphatic carbocycles. The highest BCUT2D eigenvalue weighted by Gasteiger charge is 2.13. The number of carbonyl (C=O) groups is 1. The van der Waals surface area contributed by atoms with E-state index < -0.39 is 0 Å². The first-order valence-electron chi connectivity index (χ1n) is 5.64. The number of nitrogens with one attached hydrogen (secondary N) is 2. The average molecular weight is 258 g/mol. The van der Waals surface area contributed by atoms with Gasteiger partial charge in [-0.25, -0.2) is 0 Å². The van der Waals surface area contributed by atoms with Crippen molar-refractivity contribution in [1.29, 1.82) is 0 Å². The molecule has 6 nitrogen and oxygen atoms in total. The largest absolute Gasteiger partial charge is 0.377 e. The Labute approximate surface area is 105 Å². The lowest BCUT2D eigenvalue weighted by Crippen LogP contribution is -2.32. The number of carbonyl (C=O) groups excluding carboxylic acids is 1. The molecule has 1 atom stereocenters. The summed E-state index contributed by atoms with van der Waals surface area (Å²) >= 11 is 1.24. The van der Waals surface area contributed by atoms with Crippen molar-refractivity contribution in [2.24, 2.45) is 0 Å². The van der Waals surface area contributed by atoms with Crippen LogP contribution in [0.25, 0.3) is 0 Å². The summed E-state index contributed by atoms with van der Waals surface area (Å²) in [6.45, 7) is 7.67. The Kier molecular flexibility index (Phi) is 5.85. The predicted molar refractivity (Wildman–Crippen MR) is 67.5 cm³/mol. The summed E-state index contributed by atoms with van der Waals surface area (Å²) in [4.78, 5) is 11.7. The Hall–Kier alpha value is -1.21. The number of anilines is 1. The van der Waals surface area contributed by atoms with Crippen molar-refractivity contribution in [2.45, 2.75) is 26.9 Å². The molecule has 7 heteroatoms. The lowest BCUT2D eigenvalue weighted by atomic mass is 10.4. The number of aromatic nitrogens is 2. The number of hydrogen-bond acceptors (Lipinski definition) is 6. The quantitative estimate of drug-likeness (QED) is 0.766. The van der Waals surface area contributed by atoms with E-state index in [0.29, 0.717) is 23.3 Å². The zero-order chi connectivity index (χ0) is 12.7. The zero-order valence-corrected chi connectivity index (χ0v) is 11.1. The molecule has 96 valence electrons. The van der Waals surface area contributed by atoms with Gasteiger partial charge in [0.1, 0.15) is 0 Å². The van der Waals surface area contributed by atoms with Gasteiger partial charge in [-0.1, -0.05) is 11.3 Å². The van der Waals surface area contributed by atoms with E-state index in [0.717, 1.165) is 6.54 Å². The molecule has 1 unspecified atom stereocenters. The van der Waals surface area contributed by atoms with Crippen molar-refractivity contribution in [3.8, 4) is 0 Å². The summed E-state index contributed by atoms with van der Waals surface area (Å²) in [7, 11) is 0. The molecule has 0 fully saturated rings. The van der Waals surface area contributed by atoms with E-state index in [-0.39, 0.29) is 12.0 Å². The predicted octanol–water partition coefficient (Wildman–Crippen LogP) is 1.12. The van der Waals surface area contributed by atoms with Gasteiger partial charge in [0.25, 0.3) is 5.91 Å². The fourth-order valence-corrected chi connectivity index (χ4v) is 1.92. The van der Waals surface area contributed by atoms with E-state index in [1.54, 1.807) is 0 Å². The van der Waals surface area contributed by atoms with E-state index in [2.05, 4.69) is 20.8 Å². The smallest absolute Gasteiger partial charge is 0.282 e. The van der Waals surface area contributed by atoms with Crippen molar-refractivity contribution in [3.05, 3.63) is 5.01 Å². The highest BCUT2D eigenvalue weighted by atomic mass is 32.1. The molecule has 1 aromatic rings. The second-order valence-electron chi connectivity index (χ2n) is 3.42. The van der Waals surface area contributed by atoms with E-state index in [1.165, 1.54) is 11.3 Å². The van der Waals surface area contributed by atoms with Crippen LogP contribution in [-0.4, -0.2) is 41.9 Å². The molecule has 1 rings (SSSR count). The molecule has 1 aromatic heterocycles. The van der Waals surface area contributed by atoms with Crippen LogP contribution in [-0.2, 0) is 4.74 Å². The summed E-state index contributed by atoms with van der Waals surface area (Å²) in [6.07, 6.45) is 0.00473. The molecule has 0 saturated heterocycles. The van der Waals surface area contributed by atoms with Crippen molar-refractivity contribution >= 4 is 22.4 Å². The summed E-state index contributed by atoms with van der Waals surface area (Å²) in [5.41, 5.74) is 0. The average Bonchev–Trinajstić information content (AvgIpc) is 2.75. The van der Waals surface area contributed by atoms with Crippen molar-refractivity contribution < 1.29 is 9.53 Å². The van der Waals surface area contributed by atoms with Crippen LogP contribution < -0.4 is 10.6 Å². The minimum Gasteiger partial charge on any atom is -0.377 e. The first kappa shape index (κ1) is 13.9. The summed E-state index contributed by atoms with van der Waals surface area (Å²) < 4.78 is 5.31. The SMILES string of the molecule is CCNc1nnc(C(=O)NCC(C)OCC)s1. The number of rotatable bonds is 7. The zero-order valence-electron chi connectivity index (χ0n) is 10.3. The molecular formula is C10H18N4O2S. The third-order valence-electron chi connectivity index (χ3n) is 1.95. The Morgan fingerprint density at radius 3 is 2.88 bits per heavy atom. The topological polar surface area (TPSA) is 76.1 Å². The van der Waals surface area contributed by atoms with Crippen molar-refractivity contribution in [1.82, 2.24) is 15.5 Å². The molecule has 1 heterocycles. The van der Waals surface area contributed by atoms with Crippen LogP contribution >= 0.6 is 11.3 Å². The van der Waals surface area contributed by atoms with Crippen LogP contribution in [0.4, 0.5) is 5.13 Å².